The van der Waals surface area contributed by atoms with E-state index in [1.807, 2.05) is 0 Å². The van der Waals surface area contributed by atoms with Gasteiger partial charge in [-0.25, -0.2) is 9.97 Å². The van der Waals surface area contributed by atoms with Gasteiger partial charge in [0.1, 0.15) is 23.8 Å². The molecule has 0 bridgehead atoms. The molecule has 1 N–H and O–H groups in total. The zero-order valence-corrected chi connectivity index (χ0v) is 8.61. The third-order valence-electron chi connectivity index (χ3n) is 1.58. The van der Waals surface area contributed by atoms with Crippen molar-refractivity contribution in [2.45, 2.75) is 0 Å². The minimum atomic E-state index is -0.471. The molecule has 0 aliphatic heterocycles. The van der Waals surface area contributed by atoms with E-state index in [0.29, 0.717) is 6.29 Å². The lowest BCUT2D eigenvalue weighted by atomic mass is 10.3. The monoisotopic (exact) mass is 229 g/mol. The van der Waals surface area contributed by atoms with Crippen LogP contribution in [0.3, 0.4) is 0 Å². The number of aldehydes is 1. The van der Waals surface area contributed by atoms with E-state index in [-0.39, 0.29) is 23.1 Å². The number of nitrogens with one attached hydrogen (secondary N) is 1. The Labute approximate surface area is 90.6 Å². The van der Waals surface area contributed by atoms with E-state index in [0.717, 1.165) is 0 Å². The molecule has 0 amide bonds. The summed E-state index contributed by atoms with van der Waals surface area (Å²) in [5.74, 6) is -0.267. The predicted molar refractivity (Wildman–Crippen MR) is 52.9 cm³/mol. The number of hydrogen-bond acceptors (Lipinski definition) is 6. The Kier molecular flexibility index (Phi) is 3.99. The summed E-state index contributed by atoms with van der Waals surface area (Å²) in [5, 5.41) is 2.65. The summed E-state index contributed by atoms with van der Waals surface area (Å²) in [7, 11) is 1.26. The van der Waals surface area contributed by atoms with Gasteiger partial charge in [0, 0.05) is 0 Å². The number of carbonyl (C=O) groups is 2. The Morgan fingerprint density at radius 3 is 3.00 bits per heavy atom. The molecule has 0 unspecified atom stereocenters. The van der Waals surface area contributed by atoms with Crippen molar-refractivity contribution in [2.75, 3.05) is 19.0 Å². The SMILES string of the molecule is COC(=O)CNc1ncnc(Cl)c1C=O. The second-order valence-corrected chi connectivity index (χ2v) is 2.83. The summed E-state index contributed by atoms with van der Waals surface area (Å²) in [6.07, 6.45) is 1.71. The zero-order valence-electron chi connectivity index (χ0n) is 7.86. The quantitative estimate of drug-likeness (QED) is 0.461. The van der Waals surface area contributed by atoms with Crippen LogP contribution in [0.5, 0.6) is 0 Å². The highest BCUT2D eigenvalue weighted by Gasteiger charge is 2.09. The van der Waals surface area contributed by atoms with Gasteiger partial charge in [-0.05, 0) is 0 Å². The van der Waals surface area contributed by atoms with Crippen molar-refractivity contribution in [3.63, 3.8) is 0 Å². The van der Waals surface area contributed by atoms with Crippen molar-refractivity contribution in [2.24, 2.45) is 0 Å². The van der Waals surface area contributed by atoms with Crippen LogP contribution >= 0.6 is 11.6 Å². The number of aromatic nitrogens is 2. The van der Waals surface area contributed by atoms with Gasteiger partial charge in [-0.1, -0.05) is 11.6 Å². The fourth-order valence-electron chi connectivity index (χ4n) is 0.847. The Bertz CT molecular complexity index is 383. The molecule has 0 fully saturated rings. The van der Waals surface area contributed by atoms with Crippen LogP contribution in [0.25, 0.3) is 0 Å². The fraction of sp³-hybridized carbons (Fsp3) is 0.250. The molecule has 0 aliphatic carbocycles. The number of methoxy groups -OCH3 is 1. The van der Waals surface area contributed by atoms with E-state index in [1.54, 1.807) is 0 Å². The van der Waals surface area contributed by atoms with Gasteiger partial charge in [0.05, 0.1) is 12.7 Å². The summed E-state index contributed by atoms with van der Waals surface area (Å²) in [6.45, 7) is -0.0926. The number of rotatable bonds is 4. The summed E-state index contributed by atoms with van der Waals surface area (Å²) < 4.78 is 4.41. The third kappa shape index (κ3) is 2.88. The number of ether oxygens (including phenoxy) is 1. The van der Waals surface area contributed by atoms with E-state index >= 15 is 0 Å². The summed E-state index contributed by atoms with van der Waals surface area (Å²) in [5.41, 5.74) is 0.114. The molecule has 0 aromatic carbocycles. The van der Waals surface area contributed by atoms with Crippen LogP contribution in [0.2, 0.25) is 5.15 Å². The number of anilines is 1. The van der Waals surface area contributed by atoms with E-state index in [4.69, 9.17) is 11.6 Å². The minimum absolute atomic E-state index is 0.0346. The first-order valence-electron chi connectivity index (χ1n) is 3.95. The highest BCUT2D eigenvalue weighted by molar-refractivity contribution is 6.32. The first kappa shape index (κ1) is 11.4. The van der Waals surface area contributed by atoms with E-state index < -0.39 is 5.97 Å². The molecule has 0 atom stereocenters. The number of esters is 1. The van der Waals surface area contributed by atoms with Crippen molar-refractivity contribution in [1.82, 2.24) is 9.97 Å². The van der Waals surface area contributed by atoms with Crippen LogP contribution in [0.4, 0.5) is 5.82 Å². The van der Waals surface area contributed by atoms with Crippen molar-refractivity contribution in [1.29, 1.82) is 0 Å². The van der Waals surface area contributed by atoms with Crippen LogP contribution in [0, 0.1) is 0 Å². The lowest BCUT2D eigenvalue weighted by molar-refractivity contribution is -0.138. The lowest BCUT2D eigenvalue weighted by Gasteiger charge is -2.06. The summed E-state index contributed by atoms with van der Waals surface area (Å²) in [4.78, 5) is 28.9. The van der Waals surface area contributed by atoms with Gasteiger partial charge in [0.2, 0.25) is 0 Å². The highest BCUT2D eigenvalue weighted by atomic mass is 35.5. The molecule has 0 saturated carbocycles. The first-order valence-corrected chi connectivity index (χ1v) is 4.33. The zero-order chi connectivity index (χ0) is 11.3. The molecule has 1 rings (SSSR count). The molecule has 6 nitrogen and oxygen atoms in total. The normalized spacial score (nSPS) is 9.47. The number of nitrogens with zero attached hydrogens (tertiary/aromatic N) is 2. The Balaban J connectivity index is 2.80. The average molecular weight is 230 g/mol. The second-order valence-electron chi connectivity index (χ2n) is 2.47. The van der Waals surface area contributed by atoms with Gasteiger partial charge in [0.15, 0.2) is 6.29 Å². The molecule has 1 aromatic rings. The molecule has 7 heteroatoms. The van der Waals surface area contributed by atoms with E-state index in [1.165, 1.54) is 13.4 Å². The topological polar surface area (TPSA) is 81.2 Å². The van der Waals surface area contributed by atoms with Crippen molar-refractivity contribution < 1.29 is 14.3 Å². The molecule has 15 heavy (non-hydrogen) atoms. The molecule has 0 spiro atoms. The van der Waals surface area contributed by atoms with Gasteiger partial charge in [-0.2, -0.15) is 0 Å². The third-order valence-corrected chi connectivity index (χ3v) is 1.88. The van der Waals surface area contributed by atoms with Crippen molar-refractivity contribution in [3.8, 4) is 0 Å². The second kappa shape index (κ2) is 5.26. The Morgan fingerprint density at radius 1 is 1.67 bits per heavy atom. The standard InChI is InChI=1S/C8H8ClN3O3/c1-15-6(14)2-10-8-5(3-13)7(9)11-4-12-8/h3-4H,2H2,1H3,(H,10,11,12). The Hall–Kier alpha value is -1.69. The maximum Gasteiger partial charge on any atom is 0.325 e. The number of halogens is 1. The van der Waals surface area contributed by atoms with Crippen LogP contribution in [0.15, 0.2) is 6.33 Å². The molecule has 1 aromatic heterocycles. The molecule has 0 radical (unpaired) electrons. The molecule has 80 valence electrons. The largest absolute Gasteiger partial charge is 0.468 e. The average Bonchev–Trinajstić information content (AvgIpc) is 2.25. The predicted octanol–water partition coefficient (Wildman–Crippen LogP) is 0.527. The molecule has 1 heterocycles. The summed E-state index contributed by atoms with van der Waals surface area (Å²) >= 11 is 5.64. The minimum Gasteiger partial charge on any atom is -0.468 e. The summed E-state index contributed by atoms with van der Waals surface area (Å²) in [6, 6.07) is 0. The number of hydrogen-bond donors (Lipinski definition) is 1. The van der Waals surface area contributed by atoms with Crippen molar-refractivity contribution in [3.05, 3.63) is 17.0 Å². The maximum atomic E-state index is 10.8. The highest BCUT2D eigenvalue weighted by Crippen LogP contribution is 2.16. The van der Waals surface area contributed by atoms with Gasteiger partial charge >= 0.3 is 5.97 Å². The molecule has 0 aliphatic rings. The molecule has 0 saturated heterocycles. The van der Waals surface area contributed by atoms with Gasteiger partial charge in [0.25, 0.3) is 0 Å². The Morgan fingerprint density at radius 2 is 2.40 bits per heavy atom. The lowest BCUT2D eigenvalue weighted by Crippen LogP contribution is -2.17. The first-order chi connectivity index (χ1) is 7.19. The molecular weight excluding hydrogens is 222 g/mol. The maximum absolute atomic E-state index is 10.8. The van der Waals surface area contributed by atoms with Crippen molar-refractivity contribution >= 4 is 29.7 Å². The van der Waals surface area contributed by atoms with Gasteiger partial charge < -0.3 is 10.1 Å². The van der Waals surface area contributed by atoms with Gasteiger partial charge in [-0.15, -0.1) is 0 Å². The van der Waals surface area contributed by atoms with Gasteiger partial charge in [-0.3, -0.25) is 9.59 Å². The van der Waals surface area contributed by atoms with Crippen LogP contribution in [-0.4, -0.2) is 35.9 Å². The smallest absolute Gasteiger partial charge is 0.325 e. The fourth-order valence-corrected chi connectivity index (χ4v) is 1.03. The molecular formula is C8H8ClN3O3. The van der Waals surface area contributed by atoms with Crippen LogP contribution in [0.1, 0.15) is 10.4 Å². The van der Waals surface area contributed by atoms with Crippen LogP contribution < -0.4 is 5.32 Å². The number of carbonyl (C=O) groups excluding carboxylic acids is 2. The van der Waals surface area contributed by atoms with E-state index in [2.05, 4.69) is 20.0 Å². The van der Waals surface area contributed by atoms with E-state index in [9.17, 15) is 9.59 Å². The van der Waals surface area contributed by atoms with Crippen LogP contribution in [-0.2, 0) is 9.53 Å².